The van der Waals surface area contributed by atoms with Crippen LogP contribution in [0.1, 0.15) is 32.1 Å². The fourth-order valence-electron chi connectivity index (χ4n) is 2.01. The number of carbonyl (C=O) groups excluding carboxylic acids is 2. The van der Waals surface area contributed by atoms with E-state index in [1.807, 2.05) is 0 Å². The van der Waals surface area contributed by atoms with Crippen LogP contribution in [0.25, 0.3) is 0 Å². The molecular weight excluding hydrogens is 208 g/mol. The van der Waals surface area contributed by atoms with Crippen molar-refractivity contribution in [2.75, 3.05) is 20.2 Å². The summed E-state index contributed by atoms with van der Waals surface area (Å²) in [5, 5.41) is 0. The van der Waals surface area contributed by atoms with Crippen LogP contribution in [0.4, 0.5) is 0 Å². The Morgan fingerprint density at radius 1 is 1.44 bits per heavy atom. The molecule has 1 aliphatic heterocycles. The molecule has 0 aromatic rings. The van der Waals surface area contributed by atoms with Crippen LogP contribution in [-0.4, -0.2) is 43.0 Å². The van der Waals surface area contributed by atoms with E-state index >= 15 is 0 Å². The average molecular weight is 228 g/mol. The summed E-state index contributed by atoms with van der Waals surface area (Å²) in [4.78, 5) is 24.9. The Morgan fingerprint density at radius 2 is 2.19 bits per heavy atom. The Hall–Kier alpha value is -1.10. The van der Waals surface area contributed by atoms with Crippen LogP contribution in [-0.2, 0) is 14.3 Å². The number of amides is 1. The Kier molecular flexibility index (Phi) is 5.25. The summed E-state index contributed by atoms with van der Waals surface area (Å²) >= 11 is 0. The smallest absolute Gasteiger partial charge is 0.328 e. The lowest BCUT2D eigenvalue weighted by molar-refractivity contribution is -0.151. The monoisotopic (exact) mass is 228 g/mol. The molecule has 0 aliphatic carbocycles. The van der Waals surface area contributed by atoms with Crippen LogP contribution in [0.3, 0.4) is 0 Å². The molecule has 0 bridgehead atoms. The van der Waals surface area contributed by atoms with Gasteiger partial charge in [0.1, 0.15) is 6.04 Å². The fourth-order valence-corrected chi connectivity index (χ4v) is 2.01. The minimum Gasteiger partial charge on any atom is -0.467 e. The minimum absolute atomic E-state index is 0.0429. The number of ether oxygens (including phenoxy) is 1. The lowest BCUT2D eigenvalue weighted by Gasteiger charge is -2.22. The van der Waals surface area contributed by atoms with E-state index in [1.54, 1.807) is 4.90 Å². The van der Waals surface area contributed by atoms with Crippen LogP contribution in [0.15, 0.2) is 0 Å². The van der Waals surface area contributed by atoms with Crippen molar-refractivity contribution in [3.63, 3.8) is 0 Å². The zero-order chi connectivity index (χ0) is 12.0. The predicted octanol–water partition coefficient (Wildman–Crippen LogP) is 0.279. The maximum Gasteiger partial charge on any atom is 0.328 e. The summed E-state index contributed by atoms with van der Waals surface area (Å²) in [5.74, 6) is -0.258. The van der Waals surface area contributed by atoms with Crippen LogP contribution < -0.4 is 5.73 Å². The van der Waals surface area contributed by atoms with E-state index in [9.17, 15) is 9.59 Å². The van der Waals surface area contributed by atoms with Gasteiger partial charge in [0.15, 0.2) is 0 Å². The number of unbranched alkanes of at least 4 members (excludes halogenated alkanes) is 1. The highest BCUT2D eigenvalue weighted by Crippen LogP contribution is 2.19. The van der Waals surface area contributed by atoms with Gasteiger partial charge in [0.05, 0.1) is 7.11 Å². The molecule has 0 aromatic carbocycles. The van der Waals surface area contributed by atoms with Gasteiger partial charge in [-0.3, -0.25) is 4.79 Å². The molecule has 1 unspecified atom stereocenters. The quantitative estimate of drug-likeness (QED) is 0.542. The van der Waals surface area contributed by atoms with Crippen LogP contribution in [0.2, 0.25) is 0 Å². The number of carbonyl (C=O) groups is 2. The van der Waals surface area contributed by atoms with E-state index in [2.05, 4.69) is 4.74 Å². The maximum atomic E-state index is 11.8. The minimum atomic E-state index is -0.365. The van der Waals surface area contributed by atoms with Crippen LogP contribution in [0.5, 0.6) is 0 Å². The zero-order valence-corrected chi connectivity index (χ0v) is 9.78. The molecule has 1 aliphatic rings. The molecule has 1 amide bonds. The van der Waals surface area contributed by atoms with Gasteiger partial charge in [-0.2, -0.15) is 0 Å². The highest BCUT2D eigenvalue weighted by Gasteiger charge is 2.34. The fraction of sp³-hybridized carbons (Fsp3) is 0.818. The Balaban J connectivity index is 2.44. The van der Waals surface area contributed by atoms with Gasteiger partial charge in [-0.05, 0) is 32.2 Å². The van der Waals surface area contributed by atoms with Crippen molar-refractivity contribution in [3.05, 3.63) is 0 Å². The van der Waals surface area contributed by atoms with Crippen molar-refractivity contribution >= 4 is 11.9 Å². The summed E-state index contributed by atoms with van der Waals surface area (Å²) in [7, 11) is 1.36. The standard InChI is InChI=1S/C11H20N2O3/c1-16-11(15)9-5-4-8-13(9)10(14)6-2-3-7-12/h9H,2-8,12H2,1H3. The van der Waals surface area contributed by atoms with E-state index in [-0.39, 0.29) is 17.9 Å². The van der Waals surface area contributed by atoms with E-state index < -0.39 is 0 Å². The first-order valence-corrected chi connectivity index (χ1v) is 5.78. The first-order chi connectivity index (χ1) is 7.70. The summed E-state index contributed by atoms with van der Waals surface area (Å²) in [6.45, 7) is 1.27. The third-order valence-corrected chi connectivity index (χ3v) is 2.89. The maximum absolute atomic E-state index is 11.8. The number of nitrogens with two attached hydrogens (primary N) is 1. The van der Waals surface area contributed by atoms with Crippen molar-refractivity contribution in [2.24, 2.45) is 5.73 Å². The Morgan fingerprint density at radius 3 is 2.81 bits per heavy atom. The molecule has 1 fully saturated rings. The molecule has 0 saturated carbocycles. The molecule has 2 N–H and O–H groups in total. The number of likely N-dealkylation sites (tertiary alicyclic amines) is 1. The molecule has 1 atom stereocenters. The molecule has 1 saturated heterocycles. The van der Waals surface area contributed by atoms with Gasteiger partial charge in [0.25, 0.3) is 0 Å². The third-order valence-electron chi connectivity index (χ3n) is 2.89. The number of hydrogen-bond acceptors (Lipinski definition) is 4. The molecule has 1 rings (SSSR count). The van der Waals surface area contributed by atoms with Crippen molar-refractivity contribution in [2.45, 2.75) is 38.1 Å². The molecule has 1 heterocycles. The first kappa shape index (κ1) is 13.0. The van der Waals surface area contributed by atoms with Gasteiger partial charge in [-0.25, -0.2) is 4.79 Å². The highest BCUT2D eigenvalue weighted by molar-refractivity contribution is 5.85. The van der Waals surface area contributed by atoms with Gasteiger partial charge in [-0.1, -0.05) is 0 Å². The summed E-state index contributed by atoms with van der Waals surface area (Å²) in [6.07, 6.45) is 3.71. The topological polar surface area (TPSA) is 72.6 Å². The van der Waals surface area contributed by atoms with Crippen molar-refractivity contribution in [1.29, 1.82) is 0 Å². The molecule has 16 heavy (non-hydrogen) atoms. The van der Waals surface area contributed by atoms with Gasteiger partial charge in [0.2, 0.25) is 5.91 Å². The van der Waals surface area contributed by atoms with Gasteiger partial charge >= 0.3 is 5.97 Å². The Labute approximate surface area is 95.9 Å². The lowest BCUT2D eigenvalue weighted by Crippen LogP contribution is -2.41. The second kappa shape index (κ2) is 6.48. The number of methoxy groups -OCH3 is 1. The summed E-state index contributed by atoms with van der Waals surface area (Å²) in [6, 6.07) is -0.365. The summed E-state index contributed by atoms with van der Waals surface area (Å²) in [5.41, 5.74) is 5.37. The summed E-state index contributed by atoms with van der Waals surface area (Å²) < 4.78 is 4.69. The molecule has 5 nitrogen and oxygen atoms in total. The SMILES string of the molecule is COC(=O)C1CCCN1C(=O)CCCCN. The Bertz CT molecular complexity index is 256. The number of hydrogen-bond donors (Lipinski definition) is 1. The zero-order valence-electron chi connectivity index (χ0n) is 9.78. The number of esters is 1. The van der Waals surface area contributed by atoms with Crippen molar-refractivity contribution < 1.29 is 14.3 Å². The van der Waals surface area contributed by atoms with Gasteiger partial charge in [-0.15, -0.1) is 0 Å². The van der Waals surface area contributed by atoms with Crippen LogP contribution in [0, 0.1) is 0 Å². The highest BCUT2D eigenvalue weighted by atomic mass is 16.5. The molecule has 5 heteroatoms. The molecule has 0 aromatic heterocycles. The molecule has 0 radical (unpaired) electrons. The number of rotatable bonds is 5. The van der Waals surface area contributed by atoms with E-state index in [0.717, 1.165) is 25.7 Å². The van der Waals surface area contributed by atoms with E-state index in [1.165, 1.54) is 7.11 Å². The molecular formula is C11H20N2O3. The second-order valence-electron chi connectivity index (χ2n) is 4.01. The van der Waals surface area contributed by atoms with Crippen LogP contribution >= 0.6 is 0 Å². The lowest BCUT2D eigenvalue weighted by atomic mass is 10.2. The van der Waals surface area contributed by atoms with Gasteiger partial charge < -0.3 is 15.4 Å². The molecule has 92 valence electrons. The predicted molar refractivity (Wildman–Crippen MR) is 59.7 cm³/mol. The van der Waals surface area contributed by atoms with Crippen molar-refractivity contribution in [1.82, 2.24) is 4.90 Å². The number of nitrogens with zero attached hydrogens (tertiary/aromatic N) is 1. The average Bonchev–Trinajstić information content (AvgIpc) is 2.77. The first-order valence-electron chi connectivity index (χ1n) is 5.78. The van der Waals surface area contributed by atoms with Gasteiger partial charge in [0, 0.05) is 13.0 Å². The van der Waals surface area contributed by atoms with Crippen molar-refractivity contribution in [3.8, 4) is 0 Å². The normalized spacial score (nSPS) is 19.9. The second-order valence-corrected chi connectivity index (χ2v) is 4.01. The third kappa shape index (κ3) is 3.20. The molecule has 0 spiro atoms. The largest absolute Gasteiger partial charge is 0.467 e. The van der Waals surface area contributed by atoms with E-state index in [4.69, 9.17) is 5.73 Å². The van der Waals surface area contributed by atoms with E-state index in [0.29, 0.717) is 19.5 Å².